The van der Waals surface area contributed by atoms with E-state index in [0.717, 1.165) is 31.4 Å². The van der Waals surface area contributed by atoms with Gasteiger partial charge in [-0.3, -0.25) is 0 Å². The summed E-state index contributed by atoms with van der Waals surface area (Å²) < 4.78 is 5.72. The van der Waals surface area contributed by atoms with Gasteiger partial charge in [-0.15, -0.1) is 0 Å². The van der Waals surface area contributed by atoms with Crippen LogP contribution in [0, 0.1) is 5.92 Å². The molecular formula is C15H23NO. The summed E-state index contributed by atoms with van der Waals surface area (Å²) >= 11 is 0. The maximum atomic E-state index is 5.72. The molecule has 0 amide bonds. The van der Waals surface area contributed by atoms with Gasteiger partial charge in [-0.2, -0.15) is 0 Å². The van der Waals surface area contributed by atoms with Crippen LogP contribution in [0.3, 0.4) is 0 Å². The number of hydrogen-bond donors (Lipinski definition) is 1. The lowest BCUT2D eigenvalue weighted by Gasteiger charge is -2.07. The molecule has 0 aliphatic heterocycles. The second kappa shape index (κ2) is 6.65. The Morgan fingerprint density at radius 2 is 2.00 bits per heavy atom. The second-order valence-corrected chi connectivity index (χ2v) is 4.90. The number of ether oxygens (including phenoxy) is 1. The van der Waals surface area contributed by atoms with E-state index < -0.39 is 0 Å². The molecule has 2 heteroatoms. The molecule has 94 valence electrons. The Labute approximate surface area is 104 Å². The van der Waals surface area contributed by atoms with E-state index in [0.29, 0.717) is 0 Å². The number of hydrogen-bond acceptors (Lipinski definition) is 2. The van der Waals surface area contributed by atoms with E-state index in [-0.39, 0.29) is 0 Å². The summed E-state index contributed by atoms with van der Waals surface area (Å²) in [7, 11) is 0. The van der Waals surface area contributed by atoms with Crippen LogP contribution in [0.5, 0.6) is 5.75 Å². The maximum absolute atomic E-state index is 5.72. The first kappa shape index (κ1) is 12.4. The second-order valence-electron chi connectivity index (χ2n) is 4.90. The van der Waals surface area contributed by atoms with E-state index in [1.54, 1.807) is 0 Å². The van der Waals surface area contributed by atoms with Crippen LogP contribution in [0.4, 0.5) is 0 Å². The van der Waals surface area contributed by atoms with E-state index in [1.165, 1.54) is 31.2 Å². The molecule has 0 radical (unpaired) electrons. The molecule has 1 saturated carbocycles. The minimum Gasteiger partial charge on any atom is -0.494 e. The van der Waals surface area contributed by atoms with Gasteiger partial charge in [-0.25, -0.2) is 0 Å². The standard InChI is InChI=1S/C15H23NO/c1-2-10-16-12-14-5-7-15(8-6-14)17-11-9-13-3-4-13/h5-8,13,16H,2-4,9-12H2,1H3. The predicted octanol–water partition coefficient (Wildman–Crippen LogP) is 3.37. The van der Waals surface area contributed by atoms with Gasteiger partial charge in [0.05, 0.1) is 6.61 Å². The van der Waals surface area contributed by atoms with E-state index in [4.69, 9.17) is 4.74 Å². The Kier molecular flexibility index (Phi) is 4.87. The minimum absolute atomic E-state index is 0.873. The molecule has 1 aromatic rings. The molecule has 0 saturated heterocycles. The smallest absolute Gasteiger partial charge is 0.119 e. The summed E-state index contributed by atoms with van der Waals surface area (Å²) in [5, 5.41) is 3.40. The first-order chi connectivity index (χ1) is 8.38. The van der Waals surface area contributed by atoms with Crippen molar-refractivity contribution in [3.05, 3.63) is 29.8 Å². The molecule has 1 aromatic carbocycles. The van der Waals surface area contributed by atoms with Gasteiger partial charge in [-0.05, 0) is 43.0 Å². The highest BCUT2D eigenvalue weighted by Crippen LogP contribution is 2.32. The van der Waals surface area contributed by atoms with Gasteiger partial charge < -0.3 is 10.1 Å². The summed E-state index contributed by atoms with van der Waals surface area (Å²) in [5.74, 6) is 1.96. The number of rotatable bonds is 8. The Morgan fingerprint density at radius 3 is 2.65 bits per heavy atom. The first-order valence-corrected chi connectivity index (χ1v) is 6.81. The summed E-state index contributed by atoms with van der Waals surface area (Å²) in [6.45, 7) is 5.09. The van der Waals surface area contributed by atoms with Crippen LogP contribution in [0.25, 0.3) is 0 Å². The lowest BCUT2D eigenvalue weighted by atomic mass is 10.2. The molecule has 0 atom stereocenters. The first-order valence-electron chi connectivity index (χ1n) is 6.81. The van der Waals surface area contributed by atoms with Crippen LogP contribution in [-0.4, -0.2) is 13.2 Å². The van der Waals surface area contributed by atoms with E-state index >= 15 is 0 Å². The average molecular weight is 233 g/mol. The van der Waals surface area contributed by atoms with Crippen LogP contribution in [-0.2, 0) is 6.54 Å². The zero-order valence-corrected chi connectivity index (χ0v) is 10.7. The molecular weight excluding hydrogens is 210 g/mol. The summed E-state index contributed by atoms with van der Waals surface area (Å²) in [6, 6.07) is 8.45. The van der Waals surface area contributed by atoms with Gasteiger partial charge in [0.25, 0.3) is 0 Å². The fourth-order valence-corrected chi connectivity index (χ4v) is 1.86. The highest BCUT2D eigenvalue weighted by molar-refractivity contribution is 5.27. The van der Waals surface area contributed by atoms with Crippen molar-refractivity contribution >= 4 is 0 Å². The Bertz CT molecular complexity index is 316. The molecule has 0 bridgehead atoms. The zero-order chi connectivity index (χ0) is 11.9. The van der Waals surface area contributed by atoms with Crippen molar-refractivity contribution in [2.75, 3.05) is 13.2 Å². The molecule has 1 aliphatic carbocycles. The summed E-state index contributed by atoms with van der Waals surface area (Å²) in [6.07, 6.45) is 5.22. The lowest BCUT2D eigenvalue weighted by Crippen LogP contribution is -2.13. The Balaban J connectivity index is 1.68. The molecule has 0 spiro atoms. The number of benzene rings is 1. The van der Waals surface area contributed by atoms with Crippen LogP contribution >= 0.6 is 0 Å². The lowest BCUT2D eigenvalue weighted by molar-refractivity contribution is 0.302. The van der Waals surface area contributed by atoms with Crippen molar-refractivity contribution in [1.29, 1.82) is 0 Å². The summed E-state index contributed by atoms with van der Waals surface area (Å²) in [5.41, 5.74) is 1.33. The van der Waals surface area contributed by atoms with Crippen LogP contribution in [0.15, 0.2) is 24.3 Å². The topological polar surface area (TPSA) is 21.3 Å². The minimum atomic E-state index is 0.873. The molecule has 17 heavy (non-hydrogen) atoms. The molecule has 1 fully saturated rings. The molecule has 0 heterocycles. The average Bonchev–Trinajstić information content (AvgIpc) is 3.16. The molecule has 0 aromatic heterocycles. The normalized spacial score (nSPS) is 14.9. The van der Waals surface area contributed by atoms with Gasteiger partial charge in [0.15, 0.2) is 0 Å². The van der Waals surface area contributed by atoms with Gasteiger partial charge >= 0.3 is 0 Å². The van der Waals surface area contributed by atoms with Gasteiger partial charge in [0.2, 0.25) is 0 Å². The predicted molar refractivity (Wildman–Crippen MR) is 71.3 cm³/mol. The summed E-state index contributed by atoms with van der Waals surface area (Å²) in [4.78, 5) is 0. The van der Waals surface area contributed by atoms with Crippen molar-refractivity contribution in [2.24, 2.45) is 5.92 Å². The highest BCUT2D eigenvalue weighted by Gasteiger charge is 2.20. The van der Waals surface area contributed by atoms with Crippen molar-refractivity contribution in [2.45, 2.75) is 39.2 Å². The van der Waals surface area contributed by atoms with Crippen LogP contribution < -0.4 is 10.1 Å². The molecule has 0 unspecified atom stereocenters. The van der Waals surface area contributed by atoms with Crippen molar-refractivity contribution in [1.82, 2.24) is 5.32 Å². The van der Waals surface area contributed by atoms with Crippen molar-refractivity contribution in [3.8, 4) is 5.75 Å². The van der Waals surface area contributed by atoms with Gasteiger partial charge in [0.1, 0.15) is 5.75 Å². The Hall–Kier alpha value is -1.02. The van der Waals surface area contributed by atoms with Crippen molar-refractivity contribution in [3.63, 3.8) is 0 Å². The molecule has 2 nitrogen and oxygen atoms in total. The molecule has 1 aliphatic rings. The third kappa shape index (κ3) is 4.78. The fourth-order valence-electron chi connectivity index (χ4n) is 1.86. The Morgan fingerprint density at radius 1 is 1.24 bits per heavy atom. The molecule has 2 rings (SSSR count). The van der Waals surface area contributed by atoms with Gasteiger partial charge in [-0.1, -0.05) is 31.9 Å². The van der Waals surface area contributed by atoms with Crippen LogP contribution in [0.2, 0.25) is 0 Å². The number of nitrogens with one attached hydrogen (secondary N) is 1. The largest absolute Gasteiger partial charge is 0.494 e. The quantitative estimate of drug-likeness (QED) is 0.695. The van der Waals surface area contributed by atoms with E-state index in [9.17, 15) is 0 Å². The van der Waals surface area contributed by atoms with E-state index in [1.807, 2.05) is 0 Å². The van der Waals surface area contributed by atoms with Crippen molar-refractivity contribution < 1.29 is 4.74 Å². The SMILES string of the molecule is CCCNCc1ccc(OCCC2CC2)cc1. The van der Waals surface area contributed by atoms with Gasteiger partial charge in [0, 0.05) is 6.54 Å². The van der Waals surface area contributed by atoms with E-state index in [2.05, 4.69) is 36.5 Å². The monoisotopic (exact) mass is 233 g/mol. The third-order valence-electron chi connectivity index (χ3n) is 3.17. The maximum Gasteiger partial charge on any atom is 0.119 e. The zero-order valence-electron chi connectivity index (χ0n) is 10.7. The highest BCUT2D eigenvalue weighted by atomic mass is 16.5. The molecule has 1 N–H and O–H groups in total. The van der Waals surface area contributed by atoms with Crippen LogP contribution in [0.1, 0.15) is 38.2 Å². The third-order valence-corrected chi connectivity index (χ3v) is 3.17. The fraction of sp³-hybridized carbons (Fsp3) is 0.600.